The molecule has 0 spiro atoms. The second-order valence-electron chi connectivity index (χ2n) is 4.98. The molecular formula is C13H21N3O2. The van der Waals surface area contributed by atoms with Gasteiger partial charge in [0.25, 0.3) is 5.91 Å². The lowest BCUT2D eigenvalue weighted by Crippen LogP contribution is -2.31. The van der Waals surface area contributed by atoms with Crippen LogP contribution in [0.1, 0.15) is 39.4 Å². The molecule has 1 unspecified atom stereocenters. The van der Waals surface area contributed by atoms with Gasteiger partial charge in [0.15, 0.2) is 0 Å². The summed E-state index contributed by atoms with van der Waals surface area (Å²) in [5, 5.41) is 2.89. The van der Waals surface area contributed by atoms with Crippen LogP contribution in [0.15, 0.2) is 6.20 Å². The number of ether oxygens (including phenoxy) is 1. The fourth-order valence-corrected chi connectivity index (χ4v) is 2.21. The van der Waals surface area contributed by atoms with Crippen molar-refractivity contribution < 1.29 is 9.53 Å². The predicted octanol–water partition coefficient (Wildman–Crippen LogP) is 1.97. The molecule has 0 aromatic carbocycles. The van der Waals surface area contributed by atoms with Crippen LogP contribution in [0.4, 0.5) is 5.82 Å². The standard InChI is InChI=1S/C13H21N3O2/c1-9(2)18-10(3)13(17)15-12-8-14-11-6-4-5-7-16(11)12/h8-10H,4-7H2,1-3H3,(H,15,17). The van der Waals surface area contributed by atoms with Gasteiger partial charge in [0.05, 0.1) is 12.3 Å². The van der Waals surface area contributed by atoms with E-state index in [0.29, 0.717) is 0 Å². The van der Waals surface area contributed by atoms with Gasteiger partial charge in [-0.25, -0.2) is 4.98 Å². The zero-order chi connectivity index (χ0) is 13.1. The Morgan fingerprint density at radius 3 is 2.94 bits per heavy atom. The van der Waals surface area contributed by atoms with Crippen LogP contribution in [0.3, 0.4) is 0 Å². The van der Waals surface area contributed by atoms with Crippen LogP contribution in [0.5, 0.6) is 0 Å². The zero-order valence-electron chi connectivity index (χ0n) is 11.3. The van der Waals surface area contributed by atoms with Gasteiger partial charge in [-0.3, -0.25) is 4.79 Å². The second-order valence-corrected chi connectivity index (χ2v) is 4.98. The van der Waals surface area contributed by atoms with Gasteiger partial charge in [-0.1, -0.05) is 0 Å². The monoisotopic (exact) mass is 251 g/mol. The third-order valence-corrected chi connectivity index (χ3v) is 3.07. The summed E-state index contributed by atoms with van der Waals surface area (Å²) in [6.07, 6.45) is 4.65. The number of imidazole rings is 1. The van der Waals surface area contributed by atoms with Gasteiger partial charge in [0, 0.05) is 13.0 Å². The Labute approximate surface area is 108 Å². The maximum Gasteiger partial charge on any atom is 0.254 e. The summed E-state index contributed by atoms with van der Waals surface area (Å²) in [6, 6.07) is 0. The second kappa shape index (κ2) is 5.52. The van der Waals surface area contributed by atoms with Crippen molar-refractivity contribution in [1.82, 2.24) is 9.55 Å². The van der Waals surface area contributed by atoms with Gasteiger partial charge in [-0.15, -0.1) is 0 Å². The van der Waals surface area contributed by atoms with Gasteiger partial charge in [-0.2, -0.15) is 0 Å². The van der Waals surface area contributed by atoms with E-state index in [1.807, 2.05) is 13.8 Å². The van der Waals surface area contributed by atoms with Crippen LogP contribution >= 0.6 is 0 Å². The molecule has 0 radical (unpaired) electrons. The number of carbonyl (C=O) groups is 1. The number of hydrogen-bond acceptors (Lipinski definition) is 3. The molecule has 18 heavy (non-hydrogen) atoms. The van der Waals surface area contributed by atoms with E-state index in [9.17, 15) is 4.79 Å². The summed E-state index contributed by atoms with van der Waals surface area (Å²) in [5.74, 6) is 1.74. The van der Waals surface area contributed by atoms with Crippen molar-refractivity contribution in [1.29, 1.82) is 0 Å². The number of aryl methyl sites for hydroxylation is 1. The van der Waals surface area contributed by atoms with Crippen LogP contribution in [-0.4, -0.2) is 27.7 Å². The first kappa shape index (κ1) is 13.1. The Kier molecular flexibility index (Phi) is 4.01. The molecule has 100 valence electrons. The smallest absolute Gasteiger partial charge is 0.254 e. The van der Waals surface area contributed by atoms with Crippen molar-refractivity contribution in [3.8, 4) is 0 Å². The van der Waals surface area contributed by atoms with E-state index < -0.39 is 6.10 Å². The summed E-state index contributed by atoms with van der Waals surface area (Å²) in [5.41, 5.74) is 0. The molecular weight excluding hydrogens is 230 g/mol. The summed E-state index contributed by atoms with van der Waals surface area (Å²) in [4.78, 5) is 16.3. The number of amides is 1. The van der Waals surface area contributed by atoms with E-state index in [1.165, 1.54) is 6.42 Å². The number of anilines is 1. The summed E-state index contributed by atoms with van der Waals surface area (Å²) in [7, 11) is 0. The van der Waals surface area contributed by atoms with Gasteiger partial charge in [0.2, 0.25) is 0 Å². The molecule has 0 saturated heterocycles. The quantitative estimate of drug-likeness (QED) is 0.890. The minimum absolute atomic E-state index is 0.0464. The summed E-state index contributed by atoms with van der Waals surface area (Å²) >= 11 is 0. The number of nitrogens with zero attached hydrogens (tertiary/aromatic N) is 2. The van der Waals surface area contributed by atoms with E-state index in [-0.39, 0.29) is 12.0 Å². The Morgan fingerprint density at radius 2 is 2.22 bits per heavy atom. The van der Waals surface area contributed by atoms with Gasteiger partial charge < -0.3 is 14.6 Å². The number of fused-ring (bicyclic) bond motifs is 1. The first-order valence-electron chi connectivity index (χ1n) is 6.58. The molecule has 1 aromatic rings. The van der Waals surface area contributed by atoms with Gasteiger partial charge >= 0.3 is 0 Å². The Hall–Kier alpha value is -1.36. The average Bonchev–Trinajstić information content (AvgIpc) is 2.72. The largest absolute Gasteiger partial charge is 0.366 e. The molecule has 1 amide bonds. The molecule has 5 heteroatoms. The molecule has 2 rings (SSSR count). The van der Waals surface area contributed by atoms with Crippen molar-refractivity contribution in [2.75, 3.05) is 5.32 Å². The van der Waals surface area contributed by atoms with Crippen LogP contribution in [0.2, 0.25) is 0 Å². The minimum atomic E-state index is -0.445. The highest BCUT2D eigenvalue weighted by atomic mass is 16.5. The SMILES string of the molecule is CC(C)OC(C)C(=O)Nc1cnc2n1CCCC2. The molecule has 1 atom stereocenters. The van der Waals surface area contributed by atoms with Crippen LogP contribution in [0, 0.1) is 0 Å². The molecule has 1 N–H and O–H groups in total. The number of hydrogen-bond donors (Lipinski definition) is 1. The van der Waals surface area contributed by atoms with Crippen molar-refractivity contribution in [2.45, 2.75) is 58.8 Å². The maximum absolute atomic E-state index is 12.0. The van der Waals surface area contributed by atoms with Gasteiger partial charge in [-0.05, 0) is 33.6 Å². The van der Waals surface area contributed by atoms with Crippen molar-refractivity contribution in [2.24, 2.45) is 0 Å². The van der Waals surface area contributed by atoms with E-state index in [0.717, 1.165) is 31.0 Å². The highest BCUT2D eigenvalue weighted by Crippen LogP contribution is 2.19. The molecule has 2 heterocycles. The van der Waals surface area contributed by atoms with E-state index in [2.05, 4.69) is 14.9 Å². The maximum atomic E-state index is 12.0. The lowest BCUT2D eigenvalue weighted by molar-refractivity contribution is -0.128. The summed E-state index contributed by atoms with van der Waals surface area (Å²) in [6.45, 7) is 6.54. The predicted molar refractivity (Wildman–Crippen MR) is 69.5 cm³/mol. The van der Waals surface area contributed by atoms with Crippen molar-refractivity contribution in [3.63, 3.8) is 0 Å². The van der Waals surface area contributed by atoms with Gasteiger partial charge in [0.1, 0.15) is 17.7 Å². The number of nitrogens with one attached hydrogen (secondary N) is 1. The van der Waals surface area contributed by atoms with Crippen LogP contribution in [0.25, 0.3) is 0 Å². The van der Waals surface area contributed by atoms with Crippen LogP contribution < -0.4 is 5.32 Å². The lowest BCUT2D eigenvalue weighted by atomic mass is 10.2. The topological polar surface area (TPSA) is 56.1 Å². The van der Waals surface area contributed by atoms with E-state index in [1.54, 1.807) is 13.1 Å². The van der Waals surface area contributed by atoms with E-state index >= 15 is 0 Å². The zero-order valence-corrected chi connectivity index (χ0v) is 11.3. The average molecular weight is 251 g/mol. The Morgan fingerprint density at radius 1 is 1.44 bits per heavy atom. The number of aromatic nitrogens is 2. The molecule has 0 fully saturated rings. The molecule has 1 aromatic heterocycles. The highest BCUT2D eigenvalue weighted by Gasteiger charge is 2.19. The first-order valence-corrected chi connectivity index (χ1v) is 6.58. The molecule has 5 nitrogen and oxygen atoms in total. The molecule has 0 saturated carbocycles. The first-order chi connectivity index (χ1) is 8.58. The lowest BCUT2D eigenvalue weighted by Gasteiger charge is -2.19. The van der Waals surface area contributed by atoms with Crippen molar-refractivity contribution in [3.05, 3.63) is 12.0 Å². The van der Waals surface area contributed by atoms with E-state index in [4.69, 9.17) is 4.74 Å². The molecule has 1 aliphatic heterocycles. The Bertz CT molecular complexity index is 426. The fraction of sp³-hybridized carbons (Fsp3) is 0.692. The third-order valence-electron chi connectivity index (χ3n) is 3.07. The normalized spacial score (nSPS) is 16.4. The summed E-state index contributed by atoms with van der Waals surface area (Å²) < 4.78 is 7.55. The Balaban J connectivity index is 2.01. The molecule has 0 bridgehead atoms. The minimum Gasteiger partial charge on any atom is -0.366 e. The molecule has 0 aliphatic carbocycles. The highest BCUT2D eigenvalue weighted by molar-refractivity contribution is 5.93. The van der Waals surface area contributed by atoms with Crippen molar-refractivity contribution >= 4 is 11.7 Å². The molecule has 1 aliphatic rings. The van der Waals surface area contributed by atoms with Crippen LogP contribution in [-0.2, 0) is 22.5 Å². The third kappa shape index (κ3) is 2.90. The number of rotatable bonds is 4. The fourth-order valence-electron chi connectivity index (χ4n) is 2.21. The number of carbonyl (C=O) groups excluding carboxylic acids is 1.